The summed E-state index contributed by atoms with van der Waals surface area (Å²) in [6.07, 6.45) is 7.38. The van der Waals surface area contributed by atoms with Gasteiger partial charge in [0.1, 0.15) is 0 Å². The Balaban J connectivity index is 1.46. The number of carbonyl (C=O) groups is 1. The van der Waals surface area contributed by atoms with Crippen molar-refractivity contribution in [2.45, 2.75) is 51.5 Å². The number of rotatable bonds is 5. The van der Waals surface area contributed by atoms with Gasteiger partial charge in [-0.2, -0.15) is 4.80 Å². The first-order chi connectivity index (χ1) is 11.8. The lowest BCUT2D eigenvalue weighted by Crippen LogP contribution is -2.33. The molecule has 2 aromatic rings. The third-order valence-electron chi connectivity index (χ3n) is 4.44. The number of likely N-dealkylation sites (tertiary alicyclic amines) is 1. The van der Waals surface area contributed by atoms with Gasteiger partial charge in [-0.15, -0.1) is 10.2 Å². The van der Waals surface area contributed by atoms with E-state index in [-0.39, 0.29) is 5.91 Å². The van der Waals surface area contributed by atoms with Crippen LogP contribution < -0.4 is 0 Å². The Morgan fingerprint density at radius 3 is 2.46 bits per heavy atom. The van der Waals surface area contributed by atoms with E-state index in [4.69, 9.17) is 0 Å². The molecule has 6 heteroatoms. The summed E-state index contributed by atoms with van der Waals surface area (Å²) < 4.78 is 0. The molecule has 6 nitrogen and oxygen atoms in total. The number of carbonyl (C=O) groups excluding carboxylic acids is 1. The van der Waals surface area contributed by atoms with Crippen molar-refractivity contribution in [3.8, 4) is 11.4 Å². The number of hydrogen-bond acceptors (Lipinski definition) is 4. The zero-order chi connectivity index (χ0) is 16.6. The summed E-state index contributed by atoms with van der Waals surface area (Å²) in [5, 5.41) is 12.6. The Morgan fingerprint density at radius 2 is 1.71 bits per heavy atom. The van der Waals surface area contributed by atoms with Crippen LogP contribution in [0.3, 0.4) is 0 Å². The van der Waals surface area contributed by atoms with Gasteiger partial charge in [0.05, 0.1) is 6.54 Å². The van der Waals surface area contributed by atoms with Crippen LogP contribution >= 0.6 is 0 Å². The van der Waals surface area contributed by atoms with E-state index in [0.717, 1.165) is 37.9 Å². The zero-order valence-electron chi connectivity index (χ0n) is 14.1. The first-order valence-electron chi connectivity index (χ1n) is 8.94. The summed E-state index contributed by atoms with van der Waals surface area (Å²) in [5.41, 5.74) is 0.959. The van der Waals surface area contributed by atoms with E-state index in [0.29, 0.717) is 18.8 Å². The summed E-state index contributed by atoms with van der Waals surface area (Å²) in [5.74, 6) is 0.894. The first-order valence-corrected chi connectivity index (χ1v) is 8.94. The average molecular weight is 327 g/mol. The first kappa shape index (κ1) is 16.6. The van der Waals surface area contributed by atoms with Crippen LogP contribution in [-0.4, -0.2) is 44.1 Å². The highest BCUT2D eigenvalue weighted by atomic mass is 16.2. The van der Waals surface area contributed by atoms with Crippen LogP contribution in [0.25, 0.3) is 11.4 Å². The third kappa shape index (κ3) is 4.63. The fourth-order valence-electron chi connectivity index (χ4n) is 3.07. The molecule has 0 atom stereocenters. The molecule has 0 spiro atoms. The molecule has 1 amide bonds. The summed E-state index contributed by atoms with van der Waals surface area (Å²) in [6.45, 7) is 2.45. The van der Waals surface area contributed by atoms with Crippen molar-refractivity contribution in [3.63, 3.8) is 0 Å². The van der Waals surface area contributed by atoms with Crippen LogP contribution in [0.1, 0.15) is 44.9 Å². The van der Waals surface area contributed by atoms with Crippen LogP contribution in [0, 0.1) is 0 Å². The number of amides is 1. The maximum Gasteiger partial charge on any atom is 0.222 e. The molecule has 0 bridgehead atoms. The van der Waals surface area contributed by atoms with Gasteiger partial charge in [0.2, 0.25) is 11.7 Å². The smallest absolute Gasteiger partial charge is 0.222 e. The molecule has 24 heavy (non-hydrogen) atoms. The molecule has 0 N–H and O–H groups in total. The highest BCUT2D eigenvalue weighted by Gasteiger charge is 2.14. The predicted molar refractivity (Wildman–Crippen MR) is 92.2 cm³/mol. The molecule has 1 aromatic heterocycles. The van der Waals surface area contributed by atoms with Gasteiger partial charge in [0.15, 0.2) is 0 Å². The van der Waals surface area contributed by atoms with Crippen molar-refractivity contribution < 1.29 is 4.79 Å². The SMILES string of the molecule is O=C(CCCn1nnc(-c2ccccc2)n1)N1CCCCCCC1. The number of aromatic nitrogens is 4. The molecule has 128 valence electrons. The zero-order valence-corrected chi connectivity index (χ0v) is 14.1. The second kappa shape index (κ2) is 8.57. The molecule has 1 saturated heterocycles. The van der Waals surface area contributed by atoms with Gasteiger partial charge in [0, 0.05) is 25.1 Å². The van der Waals surface area contributed by atoms with E-state index >= 15 is 0 Å². The number of hydrogen-bond donors (Lipinski definition) is 0. The summed E-state index contributed by atoms with van der Waals surface area (Å²) in [7, 11) is 0. The van der Waals surface area contributed by atoms with E-state index in [2.05, 4.69) is 15.4 Å². The van der Waals surface area contributed by atoms with E-state index in [9.17, 15) is 4.79 Å². The summed E-state index contributed by atoms with van der Waals surface area (Å²) >= 11 is 0. The minimum absolute atomic E-state index is 0.264. The highest BCUT2D eigenvalue weighted by molar-refractivity contribution is 5.76. The van der Waals surface area contributed by atoms with Crippen LogP contribution in [0.15, 0.2) is 30.3 Å². The molecular formula is C18H25N5O. The maximum absolute atomic E-state index is 12.3. The second-order valence-electron chi connectivity index (χ2n) is 6.33. The molecule has 0 aliphatic carbocycles. The van der Waals surface area contributed by atoms with E-state index < -0.39 is 0 Å². The number of aryl methyl sites for hydroxylation is 1. The van der Waals surface area contributed by atoms with Crippen LogP contribution in [-0.2, 0) is 11.3 Å². The Bertz CT molecular complexity index is 632. The normalized spacial score (nSPS) is 15.8. The maximum atomic E-state index is 12.3. The molecule has 1 aromatic carbocycles. The summed E-state index contributed by atoms with van der Waals surface area (Å²) in [6, 6.07) is 9.81. The average Bonchev–Trinajstić information content (AvgIpc) is 3.04. The Morgan fingerprint density at radius 1 is 1.00 bits per heavy atom. The molecule has 1 aliphatic heterocycles. The standard InChI is InChI=1S/C18H25N5O/c24-17(22-13-7-2-1-3-8-14-22)12-9-15-23-20-18(19-21-23)16-10-5-4-6-11-16/h4-6,10-11H,1-3,7-9,12-15H2. The van der Waals surface area contributed by atoms with Gasteiger partial charge in [0.25, 0.3) is 0 Å². The Labute approximate surface area is 142 Å². The van der Waals surface area contributed by atoms with E-state index in [1.807, 2.05) is 35.2 Å². The lowest BCUT2D eigenvalue weighted by Gasteiger charge is -2.24. The Hall–Kier alpha value is -2.24. The number of benzene rings is 1. The lowest BCUT2D eigenvalue weighted by atomic mass is 10.1. The molecule has 0 radical (unpaired) electrons. The number of tetrazole rings is 1. The predicted octanol–water partition coefficient (Wildman–Crippen LogP) is 2.91. The molecule has 1 fully saturated rings. The van der Waals surface area contributed by atoms with Crippen LogP contribution in [0.4, 0.5) is 0 Å². The largest absolute Gasteiger partial charge is 0.343 e. The highest BCUT2D eigenvalue weighted by Crippen LogP contribution is 2.13. The Kier molecular flexibility index (Phi) is 5.93. The van der Waals surface area contributed by atoms with Gasteiger partial charge in [-0.25, -0.2) is 0 Å². The van der Waals surface area contributed by atoms with Gasteiger partial charge >= 0.3 is 0 Å². The molecule has 3 rings (SSSR count). The fourth-order valence-corrected chi connectivity index (χ4v) is 3.07. The van der Waals surface area contributed by atoms with E-state index in [1.54, 1.807) is 4.80 Å². The van der Waals surface area contributed by atoms with Gasteiger partial charge < -0.3 is 4.90 Å². The van der Waals surface area contributed by atoms with Crippen molar-refractivity contribution >= 4 is 5.91 Å². The van der Waals surface area contributed by atoms with Gasteiger partial charge in [-0.3, -0.25) is 4.79 Å². The summed E-state index contributed by atoms with van der Waals surface area (Å²) in [4.78, 5) is 16.0. The molecule has 0 saturated carbocycles. The molecular weight excluding hydrogens is 302 g/mol. The molecule has 2 heterocycles. The van der Waals surface area contributed by atoms with Crippen LogP contribution in [0.5, 0.6) is 0 Å². The van der Waals surface area contributed by atoms with Crippen molar-refractivity contribution in [2.75, 3.05) is 13.1 Å². The minimum atomic E-state index is 0.264. The quantitative estimate of drug-likeness (QED) is 0.847. The van der Waals surface area contributed by atoms with E-state index in [1.165, 1.54) is 19.3 Å². The molecule has 1 aliphatic rings. The lowest BCUT2D eigenvalue weighted by molar-refractivity contribution is -0.131. The third-order valence-corrected chi connectivity index (χ3v) is 4.44. The second-order valence-corrected chi connectivity index (χ2v) is 6.33. The van der Waals surface area contributed by atoms with Crippen molar-refractivity contribution in [1.29, 1.82) is 0 Å². The van der Waals surface area contributed by atoms with Gasteiger partial charge in [-0.05, 0) is 24.5 Å². The van der Waals surface area contributed by atoms with Crippen molar-refractivity contribution in [1.82, 2.24) is 25.1 Å². The number of nitrogens with zero attached hydrogens (tertiary/aromatic N) is 5. The van der Waals surface area contributed by atoms with Crippen molar-refractivity contribution in [2.24, 2.45) is 0 Å². The fraction of sp³-hybridized carbons (Fsp3) is 0.556. The van der Waals surface area contributed by atoms with Gasteiger partial charge in [-0.1, -0.05) is 49.6 Å². The minimum Gasteiger partial charge on any atom is -0.343 e. The molecule has 0 unspecified atom stereocenters. The topological polar surface area (TPSA) is 63.9 Å². The monoisotopic (exact) mass is 327 g/mol. The van der Waals surface area contributed by atoms with Crippen molar-refractivity contribution in [3.05, 3.63) is 30.3 Å². The van der Waals surface area contributed by atoms with Crippen LogP contribution in [0.2, 0.25) is 0 Å².